The summed E-state index contributed by atoms with van der Waals surface area (Å²) < 4.78 is 0. The summed E-state index contributed by atoms with van der Waals surface area (Å²) in [7, 11) is 0. The van der Waals surface area contributed by atoms with Gasteiger partial charge in [0.15, 0.2) is 23.3 Å². The molecule has 9 rings (SSSR count). The smallest absolute Gasteiger partial charge is 0.164 e. The molecule has 2 aliphatic rings. The molecule has 2 N–H and O–H groups in total. The third kappa shape index (κ3) is 4.20. The SMILES string of the molecule is Clc1c(Cl)c(Cl)c2c3nc4nc(nc5[nH]c(nc6nc(nc([nH]3)c2c1Cl)-c1ccccc1-6)c1ccccc51)-c1ccccc1-4.[Al]. The van der Waals surface area contributed by atoms with Gasteiger partial charge in [0.1, 0.15) is 22.6 Å². The largest absolute Gasteiger partial charge is 0.324 e. The van der Waals surface area contributed by atoms with Crippen LogP contribution >= 0.6 is 46.4 Å². The average Bonchev–Trinajstić information content (AvgIpc) is 3.78. The molecule has 5 heterocycles. The number of hydrogen-bond donors (Lipinski definition) is 2. The molecule has 45 heavy (non-hydrogen) atoms. The molecule has 7 aromatic rings. The lowest BCUT2D eigenvalue weighted by atomic mass is 10.1. The van der Waals surface area contributed by atoms with E-state index < -0.39 is 0 Å². The number of nitrogens with one attached hydrogen (secondary N) is 2. The number of fused-ring (bicyclic) bond motifs is 20. The van der Waals surface area contributed by atoms with Crippen LogP contribution in [0.3, 0.4) is 0 Å². The van der Waals surface area contributed by atoms with Crippen molar-refractivity contribution >= 4 is 108 Å². The molecule has 0 spiro atoms. The zero-order valence-corrected chi connectivity index (χ0v) is 26.9. The van der Waals surface area contributed by atoms with Crippen LogP contribution in [0.4, 0.5) is 0 Å². The Morgan fingerprint density at radius 2 is 0.689 bits per heavy atom. The first-order valence-corrected chi connectivity index (χ1v) is 14.9. The predicted octanol–water partition coefficient (Wildman–Crippen LogP) is 9.10. The molecule has 8 bridgehead atoms. The maximum atomic E-state index is 6.80. The van der Waals surface area contributed by atoms with Crippen LogP contribution in [0.2, 0.25) is 20.1 Å². The van der Waals surface area contributed by atoms with Gasteiger partial charge in [-0.25, -0.2) is 29.9 Å². The average molecular weight is 679 g/mol. The number of rotatable bonds is 0. The van der Waals surface area contributed by atoms with Crippen molar-refractivity contribution in [3.8, 4) is 45.6 Å². The van der Waals surface area contributed by atoms with E-state index in [1.165, 1.54) is 0 Å². The van der Waals surface area contributed by atoms with Crippen molar-refractivity contribution in [2.75, 3.05) is 0 Å². The van der Waals surface area contributed by atoms with Gasteiger partial charge < -0.3 is 9.97 Å². The van der Waals surface area contributed by atoms with Crippen molar-refractivity contribution in [3.63, 3.8) is 0 Å². The fourth-order valence-electron chi connectivity index (χ4n) is 5.75. The minimum atomic E-state index is 0. The standard InChI is InChI=1S/C32H14Cl4N8.Al/c33-21-19-20(22(34)24(36)23(21)35)32-43-30-18-12-6-4-10-16(18)28(41-30)39-26-14-8-2-1-7-13(14)25(37-26)38-27-15-9-3-5-11-17(15)29(40-27)42-31(19)44-32;/h1-12H,(H2,37,38,39,40,41,42,43,44);. The Morgan fingerprint density at radius 1 is 0.378 bits per heavy atom. The topological polar surface area (TPSA) is 109 Å². The lowest BCUT2D eigenvalue weighted by molar-refractivity contribution is 1.19. The van der Waals surface area contributed by atoms with Crippen LogP contribution in [0.15, 0.2) is 72.8 Å². The van der Waals surface area contributed by atoms with Crippen molar-refractivity contribution in [2.45, 2.75) is 0 Å². The minimum absolute atomic E-state index is 0. The molecular formula is C32H14AlCl4N8. The summed E-state index contributed by atoms with van der Waals surface area (Å²) in [6.45, 7) is 0. The Labute approximate surface area is 284 Å². The van der Waals surface area contributed by atoms with Crippen molar-refractivity contribution in [3.05, 3.63) is 92.9 Å². The van der Waals surface area contributed by atoms with Gasteiger partial charge in [-0.1, -0.05) is 119 Å². The maximum Gasteiger partial charge on any atom is 0.164 e. The van der Waals surface area contributed by atoms with Gasteiger partial charge in [-0.3, -0.25) is 0 Å². The first-order chi connectivity index (χ1) is 21.5. The first kappa shape index (κ1) is 28.4. The highest BCUT2D eigenvalue weighted by Gasteiger charge is 2.25. The summed E-state index contributed by atoms with van der Waals surface area (Å²) in [5.74, 6) is 1.85. The third-order valence-electron chi connectivity index (χ3n) is 7.76. The summed E-state index contributed by atoms with van der Waals surface area (Å²) >= 11 is 26.7. The highest BCUT2D eigenvalue weighted by Crippen LogP contribution is 2.46. The van der Waals surface area contributed by atoms with Crippen molar-refractivity contribution < 1.29 is 0 Å². The zero-order chi connectivity index (χ0) is 29.7. The fraction of sp³-hybridized carbons (Fsp3) is 0. The molecule has 0 amide bonds. The van der Waals surface area contributed by atoms with E-state index in [0.29, 0.717) is 56.7 Å². The van der Waals surface area contributed by atoms with Crippen LogP contribution in [0.25, 0.3) is 89.7 Å². The molecule has 0 aliphatic carbocycles. The van der Waals surface area contributed by atoms with Gasteiger partial charge >= 0.3 is 0 Å². The minimum Gasteiger partial charge on any atom is -0.324 e. The van der Waals surface area contributed by atoms with Crippen LogP contribution < -0.4 is 0 Å². The number of aromatic nitrogens is 8. The van der Waals surface area contributed by atoms with Crippen molar-refractivity contribution in [1.29, 1.82) is 0 Å². The van der Waals surface area contributed by atoms with Crippen LogP contribution in [-0.4, -0.2) is 57.2 Å². The summed E-state index contributed by atoms with van der Waals surface area (Å²) in [4.78, 5) is 36.3. The third-order valence-corrected chi connectivity index (χ3v) is 9.57. The molecule has 3 radical (unpaired) electrons. The summed E-state index contributed by atoms with van der Waals surface area (Å²) in [5.41, 5.74) is 5.20. The highest BCUT2D eigenvalue weighted by molar-refractivity contribution is 6.56. The quantitative estimate of drug-likeness (QED) is 0.0941. The van der Waals surface area contributed by atoms with Gasteiger partial charge in [-0.2, -0.15) is 0 Å². The highest BCUT2D eigenvalue weighted by atomic mass is 35.5. The predicted molar refractivity (Wildman–Crippen MR) is 182 cm³/mol. The molecule has 13 heteroatoms. The summed E-state index contributed by atoms with van der Waals surface area (Å²) in [6.07, 6.45) is 0. The van der Waals surface area contributed by atoms with E-state index in [1.54, 1.807) is 0 Å². The second-order valence-electron chi connectivity index (χ2n) is 10.3. The Morgan fingerprint density at radius 3 is 1.07 bits per heavy atom. The molecule has 8 nitrogen and oxygen atoms in total. The fourth-order valence-corrected chi connectivity index (χ4v) is 6.78. The van der Waals surface area contributed by atoms with Gasteiger partial charge in [-0.15, -0.1) is 0 Å². The van der Waals surface area contributed by atoms with E-state index in [9.17, 15) is 0 Å². The van der Waals surface area contributed by atoms with Gasteiger partial charge in [0.2, 0.25) is 0 Å². The van der Waals surface area contributed by atoms with Gasteiger partial charge in [-0.05, 0) is 0 Å². The van der Waals surface area contributed by atoms with E-state index in [0.717, 1.165) is 33.0 Å². The zero-order valence-electron chi connectivity index (χ0n) is 22.7. The maximum absolute atomic E-state index is 6.80. The molecule has 3 aromatic heterocycles. The molecule has 2 aliphatic heterocycles. The van der Waals surface area contributed by atoms with E-state index in [2.05, 4.69) is 9.97 Å². The number of halogens is 4. The molecular weight excluding hydrogens is 665 g/mol. The van der Waals surface area contributed by atoms with Crippen LogP contribution in [0, 0.1) is 0 Å². The number of H-pyrrole nitrogens is 2. The number of aromatic amines is 2. The molecule has 213 valence electrons. The van der Waals surface area contributed by atoms with E-state index in [4.69, 9.17) is 76.3 Å². The van der Waals surface area contributed by atoms with E-state index in [-0.39, 0.29) is 37.5 Å². The molecule has 0 saturated carbocycles. The number of hydrogen-bond acceptors (Lipinski definition) is 6. The first-order valence-electron chi connectivity index (χ1n) is 13.4. The Kier molecular flexibility index (Phi) is 6.63. The monoisotopic (exact) mass is 677 g/mol. The molecule has 0 atom stereocenters. The molecule has 0 unspecified atom stereocenters. The van der Waals surface area contributed by atoms with Gasteiger partial charge in [0.05, 0.1) is 30.9 Å². The van der Waals surface area contributed by atoms with E-state index >= 15 is 0 Å². The second kappa shape index (κ2) is 10.5. The van der Waals surface area contributed by atoms with Gasteiger partial charge in [0, 0.05) is 50.4 Å². The van der Waals surface area contributed by atoms with E-state index in [1.807, 2.05) is 72.8 Å². The van der Waals surface area contributed by atoms with Crippen molar-refractivity contribution in [2.24, 2.45) is 0 Å². The Balaban J connectivity index is 0.00000300. The Bertz CT molecular complexity index is 2410. The normalized spacial score (nSPS) is 11.8. The molecule has 0 saturated heterocycles. The van der Waals surface area contributed by atoms with Crippen LogP contribution in [0.1, 0.15) is 0 Å². The lowest BCUT2D eigenvalue weighted by Crippen LogP contribution is -1.83. The molecule has 4 aromatic carbocycles. The molecule has 0 fully saturated rings. The van der Waals surface area contributed by atoms with Crippen molar-refractivity contribution in [1.82, 2.24) is 39.9 Å². The second-order valence-corrected chi connectivity index (χ2v) is 11.8. The van der Waals surface area contributed by atoms with Crippen LogP contribution in [0.5, 0.6) is 0 Å². The van der Waals surface area contributed by atoms with Crippen LogP contribution in [-0.2, 0) is 0 Å². The Hall–Kier alpha value is -4.07. The number of nitrogens with zero attached hydrogens (tertiary/aromatic N) is 6. The lowest BCUT2D eigenvalue weighted by Gasteiger charge is -2.04. The van der Waals surface area contributed by atoms with Gasteiger partial charge in [0.25, 0.3) is 0 Å². The summed E-state index contributed by atoms with van der Waals surface area (Å²) in [6, 6.07) is 23.4. The number of benzene rings is 4. The summed E-state index contributed by atoms with van der Waals surface area (Å²) in [5, 5.41) is 3.31.